The molecule has 1 aromatic carbocycles. The zero-order chi connectivity index (χ0) is 21.7. The van der Waals surface area contributed by atoms with Crippen molar-refractivity contribution in [2.24, 2.45) is 11.8 Å². The van der Waals surface area contributed by atoms with E-state index in [1.54, 1.807) is 0 Å². The highest BCUT2D eigenvalue weighted by atomic mass is 16.2. The number of benzene rings is 1. The van der Waals surface area contributed by atoms with Gasteiger partial charge in [-0.3, -0.25) is 9.89 Å². The molecule has 6 heteroatoms. The second-order valence-electron chi connectivity index (χ2n) is 9.89. The topological polar surface area (TPSA) is 66.8 Å². The lowest BCUT2D eigenvalue weighted by atomic mass is 9.88. The van der Waals surface area contributed by atoms with E-state index in [9.17, 15) is 4.79 Å². The Morgan fingerprint density at radius 3 is 2.72 bits per heavy atom. The lowest BCUT2D eigenvalue weighted by Gasteiger charge is -2.32. The summed E-state index contributed by atoms with van der Waals surface area (Å²) in [4.78, 5) is 20.1. The van der Waals surface area contributed by atoms with Crippen molar-refractivity contribution in [3.63, 3.8) is 0 Å². The van der Waals surface area contributed by atoms with E-state index in [2.05, 4.69) is 39.9 Å². The van der Waals surface area contributed by atoms with E-state index in [1.165, 1.54) is 35.5 Å². The molecule has 6 nitrogen and oxygen atoms in total. The van der Waals surface area contributed by atoms with E-state index in [-0.39, 0.29) is 5.91 Å². The van der Waals surface area contributed by atoms with Crippen LogP contribution in [0.15, 0.2) is 30.5 Å². The van der Waals surface area contributed by atoms with Crippen LogP contribution in [0.2, 0.25) is 0 Å². The zero-order valence-electron chi connectivity index (χ0n) is 18.8. The predicted octanol–water partition coefficient (Wildman–Crippen LogP) is 4.19. The molecule has 3 heterocycles. The lowest BCUT2D eigenvalue weighted by Crippen LogP contribution is -2.39. The van der Waals surface area contributed by atoms with E-state index in [0.29, 0.717) is 11.6 Å². The Morgan fingerprint density at radius 2 is 1.91 bits per heavy atom. The number of fused-ring (bicyclic) bond motifs is 3. The number of aromatic nitrogens is 4. The van der Waals surface area contributed by atoms with Gasteiger partial charge in [-0.15, -0.1) is 0 Å². The number of amides is 1. The summed E-state index contributed by atoms with van der Waals surface area (Å²) in [5, 5.41) is 7.63. The minimum atomic E-state index is 0.114. The Morgan fingerprint density at radius 1 is 1.09 bits per heavy atom. The number of hydrogen-bond donors (Lipinski definition) is 1. The van der Waals surface area contributed by atoms with Gasteiger partial charge < -0.3 is 9.47 Å². The number of nitrogens with one attached hydrogen (secondary N) is 1. The first-order chi connectivity index (χ1) is 15.7. The van der Waals surface area contributed by atoms with Crippen molar-refractivity contribution >= 4 is 5.91 Å². The number of likely N-dealkylation sites (tertiary alicyclic amines) is 1. The third-order valence-electron chi connectivity index (χ3n) is 7.65. The van der Waals surface area contributed by atoms with Crippen LogP contribution in [0.3, 0.4) is 0 Å². The number of aryl methyl sites for hydroxylation is 2. The van der Waals surface area contributed by atoms with Crippen molar-refractivity contribution in [3.8, 4) is 11.3 Å². The summed E-state index contributed by atoms with van der Waals surface area (Å²) >= 11 is 0. The molecule has 1 saturated carbocycles. The average molecular weight is 430 g/mol. The first-order valence-corrected chi connectivity index (χ1v) is 12.1. The van der Waals surface area contributed by atoms with Gasteiger partial charge in [-0.1, -0.05) is 24.3 Å². The molecule has 0 atom stereocenters. The summed E-state index contributed by atoms with van der Waals surface area (Å²) in [7, 11) is 0. The number of piperidine rings is 1. The number of imidazole rings is 1. The fourth-order valence-corrected chi connectivity index (χ4v) is 5.48. The van der Waals surface area contributed by atoms with Crippen molar-refractivity contribution in [2.75, 3.05) is 13.1 Å². The largest absolute Gasteiger partial charge is 0.337 e. The second kappa shape index (κ2) is 7.91. The van der Waals surface area contributed by atoms with Crippen molar-refractivity contribution in [1.82, 2.24) is 24.6 Å². The van der Waals surface area contributed by atoms with E-state index in [0.717, 1.165) is 68.9 Å². The van der Waals surface area contributed by atoms with Crippen LogP contribution in [-0.2, 0) is 25.8 Å². The number of H-pyrrole nitrogens is 1. The van der Waals surface area contributed by atoms with Gasteiger partial charge in [0.05, 0.1) is 5.69 Å². The van der Waals surface area contributed by atoms with Crippen LogP contribution in [0.25, 0.3) is 11.3 Å². The van der Waals surface area contributed by atoms with Crippen LogP contribution >= 0.6 is 0 Å². The molecule has 0 bridgehead atoms. The normalized spacial score (nSPS) is 18.5. The molecule has 1 aliphatic heterocycles. The average Bonchev–Trinajstić information content (AvgIpc) is 3.44. The Kier molecular flexibility index (Phi) is 4.89. The summed E-state index contributed by atoms with van der Waals surface area (Å²) in [5.74, 6) is 2.80. The minimum absolute atomic E-state index is 0.114. The molecule has 3 aromatic rings. The summed E-state index contributed by atoms with van der Waals surface area (Å²) in [6.45, 7) is 4.93. The molecule has 2 aromatic heterocycles. The summed E-state index contributed by atoms with van der Waals surface area (Å²) in [6.07, 6.45) is 9.71. The maximum atomic E-state index is 13.3. The van der Waals surface area contributed by atoms with Crippen LogP contribution in [-0.4, -0.2) is 43.6 Å². The molecule has 1 N–H and O–H groups in total. The van der Waals surface area contributed by atoms with Gasteiger partial charge in [0, 0.05) is 49.1 Å². The SMILES string of the molecule is Cc1cnc(CC2CCN(C(=O)c3[nH]nc4c3CCc3ccccc3-4)CC2)n1CC1CC1. The molecule has 2 aliphatic carbocycles. The summed E-state index contributed by atoms with van der Waals surface area (Å²) in [5.41, 5.74) is 6.52. The predicted molar refractivity (Wildman–Crippen MR) is 123 cm³/mol. The molecule has 1 amide bonds. The molecule has 0 unspecified atom stereocenters. The molecule has 0 spiro atoms. The molecule has 1 saturated heterocycles. The smallest absolute Gasteiger partial charge is 0.272 e. The van der Waals surface area contributed by atoms with Crippen LogP contribution in [0.5, 0.6) is 0 Å². The van der Waals surface area contributed by atoms with E-state index in [4.69, 9.17) is 4.98 Å². The summed E-state index contributed by atoms with van der Waals surface area (Å²) in [6, 6.07) is 8.40. The van der Waals surface area contributed by atoms with Crippen LogP contribution in [0.1, 0.15) is 58.8 Å². The van der Waals surface area contributed by atoms with Gasteiger partial charge >= 0.3 is 0 Å². The maximum absolute atomic E-state index is 13.3. The van der Waals surface area contributed by atoms with Crippen molar-refractivity contribution < 1.29 is 4.79 Å². The first-order valence-electron chi connectivity index (χ1n) is 12.1. The molecule has 6 rings (SSSR count). The van der Waals surface area contributed by atoms with Gasteiger partial charge in [-0.25, -0.2) is 4.98 Å². The van der Waals surface area contributed by atoms with Crippen molar-refractivity contribution in [3.05, 3.63) is 58.8 Å². The number of aromatic amines is 1. The van der Waals surface area contributed by atoms with Gasteiger partial charge in [0.15, 0.2) is 0 Å². The Balaban J connectivity index is 1.12. The highest BCUT2D eigenvalue weighted by Gasteiger charge is 2.31. The van der Waals surface area contributed by atoms with E-state index < -0.39 is 0 Å². The van der Waals surface area contributed by atoms with Crippen LogP contribution in [0, 0.1) is 18.8 Å². The fraction of sp³-hybridized carbons (Fsp3) is 0.500. The van der Waals surface area contributed by atoms with Crippen molar-refractivity contribution in [2.45, 2.75) is 58.4 Å². The van der Waals surface area contributed by atoms with Gasteiger partial charge in [-0.05, 0) is 62.8 Å². The molecule has 2 fully saturated rings. The highest BCUT2D eigenvalue weighted by Crippen LogP contribution is 2.35. The first kappa shape index (κ1) is 19.8. The summed E-state index contributed by atoms with van der Waals surface area (Å²) < 4.78 is 2.43. The molecule has 3 aliphatic rings. The lowest BCUT2D eigenvalue weighted by molar-refractivity contribution is 0.0682. The molecule has 0 radical (unpaired) electrons. The van der Waals surface area contributed by atoms with E-state index in [1.807, 2.05) is 17.2 Å². The quantitative estimate of drug-likeness (QED) is 0.661. The molecule has 166 valence electrons. The number of hydrogen-bond acceptors (Lipinski definition) is 3. The van der Waals surface area contributed by atoms with Gasteiger partial charge in [0.1, 0.15) is 11.5 Å². The minimum Gasteiger partial charge on any atom is -0.337 e. The standard InChI is InChI=1S/C26H31N5O/c1-17-15-27-23(31(17)16-19-6-7-19)14-18-10-12-30(13-11-18)26(32)25-22-9-8-20-4-2-3-5-21(20)24(22)28-29-25/h2-5,15,18-19H,6-14,16H2,1H3,(H,28,29). The van der Waals surface area contributed by atoms with Gasteiger partial charge in [0.25, 0.3) is 5.91 Å². The monoisotopic (exact) mass is 429 g/mol. The second-order valence-corrected chi connectivity index (χ2v) is 9.89. The van der Waals surface area contributed by atoms with E-state index >= 15 is 0 Å². The Hall–Kier alpha value is -2.89. The number of rotatable bonds is 5. The van der Waals surface area contributed by atoms with Crippen LogP contribution in [0.4, 0.5) is 0 Å². The molecule has 32 heavy (non-hydrogen) atoms. The van der Waals surface area contributed by atoms with Crippen molar-refractivity contribution in [1.29, 1.82) is 0 Å². The van der Waals surface area contributed by atoms with Crippen LogP contribution < -0.4 is 0 Å². The third kappa shape index (κ3) is 3.55. The number of nitrogens with zero attached hydrogens (tertiary/aromatic N) is 4. The highest BCUT2D eigenvalue weighted by molar-refractivity contribution is 5.96. The number of carbonyl (C=O) groups is 1. The van der Waals surface area contributed by atoms with Gasteiger partial charge in [-0.2, -0.15) is 5.10 Å². The van der Waals surface area contributed by atoms with Gasteiger partial charge in [0.2, 0.25) is 0 Å². The fourth-order valence-electron chi connectivity index (χ4n) is 5.48. The maximum Gasteiger partial charge on any atom is 0.272 e. The molecular formula is C26H31N5O. The third-order valence-corrected chi connectivity index (χ3v) is 7.65. The molecular weight excluding hydrogens is 398 g/mol. The Labute approximate surface area is 189 Å². The number of carbonyl (C=O) groups excluding carboxylic acids is 1. The zero-order valence-corrected chi connectivity index (χ0v) is 18.8. The Bertz CT molecular complexity index is 1150.